The number of rotatable bonds is 0. The average Bonchev–Trinajstić information content (AvgIpc) is 0.811. The van der Waals surface area contributed by atoms with E-state index in [2.05, 4.69) is 0 Å². The van der Waals surface area contributed by atoms with Gasteiger partial charge < -0.3 is 11.0 Å². The van der Waals surface area contributed by atoms with E-state index in [1.807, 2.05) is 0 Å². The molecule has 0 radical (unpaired) electrons. The van der Waals surface area contributed by atoms with Crippen LogP contribution >= 0.6 is 30.3 Å². The first-order valence-electron chi connectivity index (χ1n) is 0.429. The molecule has 4 N–H and O–H groups in total. The van der Waals surface area contributed by atoms with Gasteiger partial charge in [-0.3, -0.25) is 0 Å². The van der Waals surface area contributed by atoms with Crippen LogP contribution in [-0.2, 0) is 11.2 Å². The van der Waals surface area contributed by atoms with Gasteiger partial charge in [-0.1, -0.05) is 0 Å². The predicted octanol–water partition coefficient (Wildman–Crippen LogP) is 0.417. The zero-order valence-electron chi connectivity index (χ0n) is 2.51. The first-order chi connectivity index (χ1) is 1.73. The van der Waals surface area contributed by atoms with Crippen LogP contribution in [0.15, 0.2) is 0 Å². The summed E-state index contributed by atoms with van der Waals surface area (Å²) in [6, 6.07) is 0. The van der Waals surface area contributed by atoms with Crippen molar-refractivity contribution in [1.82, 2.24) is 0 Å². The van der Waals surface area contributed by atoms with Gasteiger partial charge >= 0.3 is 41.5 Å². The molecule has 0 aromatic rings. The first kappa shape index (κ1) is 15.7. The molecule has 0 saturated heterocycles. The third-order valence-electron chi connectivity index (χ3n) is 0. The molecule has 0 heterocycles. The first-order valence-corrected chi connectivity index (χ1v) is 5.30. The molecule has 0 rings (SSSR count). The van der Waals surface area contributed by atoms with Crippen LogP contribution in [0, 0.1) is 0 Å². The molecule has 0 bridgehead atoms. The Bertz CT molecular complexity index is 13.5. The van der Waals surface area contributed by atoms with E-state index in [4.69, 9.17) is 30.3 Å². The minimum atomic E-state index is -1.48. The van der Waals surface area contributed by atoms with Crippen LogP contribution in [0.4, 0.5) is 0 Å². The van der Waals surface area contributed by atoms with E-state index in [0.717, 1.165) is 0 Å². The van der Waals surface area contributed by atoms with Crippen molar-refractivity contribution in [1.29, 1.82) is 0 Å². The standard InChI is InChI=1S/3ClH.Mn.2H2O/h3*1H;;2*1H2/q;;;+3;;/p-3. The van der Waals surface area contributed by atoms with Crippen LogP contribution < -0.4 is 0 Å². The van der Waals surface area contributed by atoms with E-state index < -0.39 is 11.2 Å². The van der Waals surface area contributed by atoms with Gasteiger partial charge in [-0.15, -0.1) is 0 Å². The van der Waals surface area contributed by atoms with Crippen LogP contribution in [0.3, 0.4) is 0 Å². The Kier molecular flexibility index (Phi) is 25.0. The minimum absolute atomic E-state index is 0. The van der Waals surface area contributed by atoms with Crippen LogP contribution in [0.5, 0.6) is 0 Å². The van der Waals surface area contributed by atoms with Crippen LogP contribution in [0.2, 0.25) is 0 Å². The molecule has 0 aliphatic rings. The maximum atomic E-state index is 4.91. The van der Waals surface area contributed by atoms with Gasteiger partial charge in [0.2, 0.25) is 0 Å². The van der Waals surface area contributed by atoms with Gasteiger partial charge in [-0.2, -0.15) is 0 Å². The normalized spacial score (nSPS) is 7.50. The molecule has 0 amide bonds. The van der Waals surface area contributed by atoms with Gasteiger partial charge in [0.05, 0.1) is 0 Å². The SMILES string of the molecule is O.O.[Cl][Mn]([Cl])[Cl]. The fourth-order valence-corrected chi connectivity index (χ4v) is 0. The Labute approximate surface area is 52.6 Å². The Hall–Kier alpha value is 1.31. The summed E-state index contributed by atoms with van der Waals surface area (Å²) in [7, 11) is 14.7. The van der Waals surface area contributed by atoms with E-state index in [9.17, 15) is 0 Å². The summed E-state index contributed by atoms with van der Waals surface area (Å²) in [5.74, 6) is 0. The van der Waals surface area contributed by atoms with Crippen molar-refractivity contribution in [3.8, 4) is 0 Å². The topological polar surface area (TPSA) is 63.0 Å². The van der Waals surface area contributed by atoms with Crippen LogP contribution in [0.1, 0.15) is 0 Å². The average molecular weight is 197 g/mol. The van der Waals surface area contributed by atoms with Crippen LogP contribution in [0.25, 0.3) is 0 Å². The molecule has 0 fully saturated rings. The van der Waals surface area contributed by atoms with Gasteiger partial charge in [-0.05, 0) is 0 Å². The van der Waals surface area contributed by atoms with E-state index in [1.165, 1.54) is 0 Å². The Balaban J connectivity index is -0.0000000450. The molecule has 0 aromatic heterocycles. The summed E-state index contributed by atoms with van der Waals surface area (Å²) in [5, 5.41) is 0. The summed E-state index contributed by atoms with van der Waals surface area (Å²) in [6.45, 7) is 0. The fourth-order valence-electron chi connectivity index (χ4n) is 0. The Morgan fingerprint density at radius 2 is 0.833 bits per heavy atom. The molecule has 0 unspecified atom stereocenters. The van der Waals surface area contributed by atoms with Crippen molar-refractivity contribution >= 4 is 30.3 Å². The van der Waals surface area contributed by atoms with Gasteiger partial charge in [0.25, 0.3) is 0 Å². The number of hydrogen-bond donors (Lipinski definition) is 0. The third kappa shape index (κ3) is 57.5. The molecular weight excluding hydrogens is 193 g/mol. The summed E-state index contributed by atoms with van der Waals surface area (Å²) in [5.41, 5.74) is 0. The third-order valence-corrected chi connectivity index (χ3v) is 0. The van der Waals surface area contributed by atoms with Crippen molar-refractivity contribution < 1.29 is 22.1 Å². The quantitative estimate of drug-likeness (QED) is 0.505. The van der Waals surface area contributed by atoms with Crippen molar-refractivity contribution in [2.45, 2.75) is 0 Å². The molecule has 6 heavy (non-hydrogen) atoms. The fraction of sp³-hybridized carbons (Fsp3) is 0. The zero-order chi connectivity index (χ0) is 3.58. The van der Waals surface area contributed by atoms with Gasteiger partial charge in [-0.25, -0.2) is 0 Å². The molecule has 0 spiro atoms. The maximum absolute atomic E-state index is 4.91. The van der Waals surface area contributed by atoms with E-state index in [1.54, 1.807) is 0 Å². The van der Waals surface area contributed by atoms with E-state index in [-0.39, 0.29) is 11.0 Å². The second-order valence-corrected chi connectivity index (χ2v) is 6.01. The predicted molar refractivity (Wildman–Crippen MR) is 24.8 cm³/mol. The molecule has 0 saturated carbocycles. The molecule has 0 atom stereocenters. The van der Waals surface area contributed by atoms with Crippen molar-refractivity contribution in [3.05, 3.63) is 0 Å². The summed E-state index contributed by atoms with van der Waals surface area (Å²) in [6.07, 6.45) is 0. The molecule has 2 nitrogen and oxygen atoms in total. The second kappa shape index (κ2) is 9.58. The molecule has 44 valence electrons. The van der Waals surface area contributed by atoms with Crippen molar-refractivity contribution in [2.75, 3.05) is 0 Å². The van der Waals surface area contributed by atoms with E-state index >= 15 is 0 Å². The summed E-state index contributed by atoms with van der Waals surface area (Å²) >= 11 is -1.48. The van der Waals surface area contributed by atoms with E-state index in [0.29, 0.717) is 0 Å². The van der Waals surface area contributed by atoms with Crippen LogP contribution in [-0.4, -0.2) is 11.0 Å². The molecule has 0 aliphatic carbocycles. The Morgan fingerprint density at radius 3 is 0.833 bits per heavy atom. The monoisotopic (exact) mass is 196 g/mol. The number of halogens is 3. The summed E-state index contributed by atoms with van der Waals surface area (Å²) in [4.78, 5) is 0. The van der Waals surface area contributed by atoms with Gasteiger partial charge in [0.1, 0.15) is 0 Å². The molecule has 0 aliphatic heterocycles. The number of hydrogen-bond acceptors (Lipinski definition) is 0. The van der Waals surface area contributed by atoms with Crippen molar-refractivity contribution in [2.24, 2.45) is 0 Å². The molecule has 6 heteroatoms. The van der Waals surface area contributed by atoms with Gasteiger partial charge in [0.15, 0.2) is 0 Å². The van der Waals surface area contributed by atoms with Crippen molar-refractivity contribution in [3.63, 3.8) is 0 Å². The molecular formula is H4Cl3MnO2. The second-order valence-electron chi connectivity index (χ2n) is 0.162. The summed E-state index contributed by atoms with van der Waals surface area (Å²) < 4.78 is 0. The Morgan fingerprint density at radius 1 is 0.833 bits per heavy atom. The van der Waals surface area contributed by atoms with Gasteiger partial charge in [0, 0.05) is 0 Å². The molecule has 0 aromatic carbocycles. The zero-order valence-corrected chi connectivity index (χ0v) is 5.96.